The molecule has 0 aromatic heterocycles. The molecule has 2 atom stereocenters. The molecular weight excluding hydrogens is 561 g/mol. The van der Waals surface area contributed by atoms with Crippen LogP contribution in [0.4, 0.5) is 0 Å². The summed E-state index contributed by atoms with van der Waals surface area (Å²) in [5.41, 5.74) is 11.7. The number of likely N-dealkylation sites (tertiary alicyclic amines) is 1. The average Bonchev–Trinajstić information content (AvgIpc) is 3.25. The van der Waals surface area contributed by atoms with Crippen molar-refractivity contribution >= 4 is 47.5 Å². The van der Waals surface area contributed by atoms with Gasteiger partial charge in [-0.15, -0.1) is 34.0 Å². The summed E-state index contributed by atoms with van der Waals surface area (Å²) in [5, 5.41) is 0. The number of unbranched alkanes of at least 4 members (excludes halogenated alkanes) is 1. The Hall–Kier alpha value is -1.38. The molecular formula is C22H32Br2N3O4P. The lowest BCUT2D eigenvalue weighted by molar-refractivity contribution is -0.132. The topological polar surface area (TPSA) is 108 Å². The molecule has 1 aliphatic heterocycles. The van der Waals surface area contributed by atoms with Crippen LogP contribution in [0.1, 0.15) is 32.1 Å². The molecule has 2 aromatic carbocycles. The van der Waals surface area contributed by atoms with Gasteiger partial charge in [0.2, 0.25) is 5.91 Å². The van der Waals surface area contributed by atoms with Crippen LogP contribution in [0.3, 0.4) is 0 Å². The average molecular weight is 593 g/mol. The molecule has 1 heterocycles. The highest BCUT2D eigenvalue weighted by molar-refractivity contribution is 8.93. The van der Waals surface area contributed by atoms with Gasteiger partial charge in [0.25, 0.3) is 0 Å². The maximum atomic E-state index is 14.1. The number of hydrogen-bond acceptors (Lipinski definition) is 6. The third kappa shape index (κ3) is 7.59. The van der Waals surface area contributed by atoms with Crippen molar-refractivity contribution in [2.75, 3.05) is 13.1 Å². The highest BCUT2D eigenvalue weighted by Gasteiger charge is 2.48. The molecule has 32 heavy (non-hydrogen) atoms. The van der Waals surface area contributed by atoms with E-state index < -0.39 is 19.4 Å². The monoisotopic (exact) mass is 591 g/mol. The van der Waals surface area contributed by atoms with Gasteiger partial charge in [-0.2, -0.15) is 0 Å². The number of amides is 1. The minimum atomic E-state index is -3.76. The number of carbonyl (C=O) groups excluding carboxylic acids is 1. The summed E-state index contributed by atoms with van der Waals surface area (Å²) in [5.74, 6) is -0.0411. The number of rotatable bonds is 10. The van der Waals surface area contributed by atoms with Crippen LogP contribution in [-0.2, 0) is 9.36 Å². The molecule has 3 rings (SSSR count). The fourth-order valence-electron chi connectivity index (χ4n) is 3.58. The van der Waals surface area contributed by atoms with Gasteiger partial charge >= 0.3 is 7.60 Å². The smallest absolute Gasteiger partial charge is 0.415 e. The highest BCUT2D eigenvalue weighted by Crippen LogP contribution is 2.57. The molecule has 1 aliphatic rings. The van der Waals surface area contributed by atoms with Gasteiger partial charge in [-0.3, -0.25) is 4.79 Å². The normalized spacial score (nSPS) is 16.4. The number of para-hydroxylation sites is 2. The van der Waals surface area contributed by atoms with Crippen LogP contribution in [0, 0.1) is 0 Å². The summed E-state index contributed by atoms with van der Waals surface area (Å²) in [6.45, 7) is 1.05. The summed E-state index contributed by atoms with van der Waals surface area (Å²) in [6, 6.07) is 17.1. The van der Waals surface area contributed by atoms with Crippen molar-refractivity contribution in [3.8, 4) is 11.5 Å². The zero-order valence-electron chi connectivity index (χ0n) is 17.9. The molecule has 178 valence electrons. The van der Waals surface area contributed by atoms with Gasteiger partial charge in [-0.1, -0.05) is 42.8 Å². The molecule has 1 saturated heterocycles. The summed E-state index contributed by atoms with van der Waals surface area (Å²) in [6.07, 6.45) is 3.38. The lowest BCUT2D eigenvalue weighted by atomic mass is 10.1. The first-order chi connectivity index (χ1) is 14.5. The molecule has 0 saturated carbocycles. The Morgan fingerprint density at radius 2 is 1.53 bits per heavy atom. The van der Waals surface area contributed by atoms with E-state index in [2.05, 4.69) is 0 Å². The van der Waals surface area contributed by atoms with Crippen LogP contribution in [0.5, 0.6) is 11.5 Å². The minimum Gasteiger partial charge on any atom is -0.415 e. The number of hydrogen-bond donors (Lipinski definition) is 2. The predicted molar refractivity (Wildman–Crippen MR) is 138 cm³/mol. The highest BCUT2D eigenvalue weighted by atomic mass is 79.9. The zero-order chi connectivity index (χ0) is 21.4. The van der Waals surface area contributed by atoms with E-state index in [0.717, 1.165) is 12.8 Å². The van der Waals surface area contributed by atoms with Gasteiger partial charge < -0.3 is 25.4 Å². The Balaban J connectivity index is 0.00000256. The van der Waals surface area contributed by atoms with E-state index in [9.17, 15) is 9.36 Å². The quantitative estimate of drug-likeness (QED) is 0.300. The van der Waals surface area contributed by atoms with Crippen molar-refractivity contribution in [1.82, 2.24) is 4.90 Å². The van der Waals surface area contributed by atoms with E-state index in [-0.39, 0.29) is 39.9 Å². The van der Waals surface area contributed by atoms with E-state index in [4.69, 9.17) is 20.5 Å². The largest absolute Gasteiger partial charge is 0.453 e. The molecule has 0 radical (unpaired) electrons. The lowest BCUT2D eigenvalue weighted by Gasteiger charge is -2.32. The van der Waals surface area contributed by atoms with Crippen molar-refractivity contribution in [1.29, 1.82) is 0 Å². The molecule has 0 bridgehead atoms. The number of nitrogens with zero attached hydrogens (tertiary/aromatic N) is 1. The third-order valence-electron chi connectivity index (χ3n) is 5.11. The van der Waals surface area contributed by atoms with Gasteiger partial charge in [0, 0.05) is 6.54 Å². The first kappa shape index (κ1) is 28.7. The van der Waals surface area contributed by atoms with Crippen molar-refractivity contribution in [3.63, 3.8) is 0 Å². The second-order valence-corrected chi connectivity index (χ2v) is 9.43. The lowest BCUT2D eigenvalue weighted by Crippen LogP contribution is -2.46. The fourth-order valence-corrected chi connectivity index (χ4v) is 5.76. The van der Waals surface area contributed by atoms with E-state index in [1.54, 1.807) is 53.4 Å². The van der Waals surface area contributed by atoms with Crippen LogP contribution in [0.25, 0.3) is 0 Å². The second kappa shape index (κ2) is 14.0. The molecule has 1 fully saturated rings. The van der Waals surface area contributed by atoms with Gasteiger partial charge in [-0.25, -0.2) is 4.57 Å². The van der Waals surface area contributed by atoms with Crippen LogP contribution in [0.15, 0.2) is 60.7 Å². The van der Waals surface area contributed by atoms with Gasteiger partial charge in [-0.05, 0) is 56.5 Å². The molecule has 4 N–H and O–H groups in total. The number of carbonyl (C=O) groups is 1. The Morgan fingerprint density at radius 3 is 2.03 bits per heavy atom. The molecule has 2 unspecified atom stereocenters. The summed E-state index contributed by atoms with van der Waals surface area (Å²) >= 11 is 0. The van der Waals surface area contributed by atoms with Crippen LogP contribution < -0.4 is 20.5 Å². The Kier molecular flexibility index (Phi) is 12.5. The van der Waals surface area contributed by atoms with Crippen molar-refractivity contribution in [2.24, 2.45) is 11.5 Å². The van der Waals surface area contributed by atoms with E-state index in [0.29, 0.717) is 43.9 Å². The second-order valence-electron chi connectivity index (χ2n) is 7.39. The predicted octanol–water partition coefficient (Wildman–Crippen LogP) is 4.90. The summed E-state index contributed by atoms with van der Waals surface area (Å²) in [7, 11) is -3.76. The summed E-state index contributed by atoms with van der Waals surface area (Å²) in [4.78, 5) is 14.6. The minimum absolute atomic E-state index is 0. The molecule has 0 aliphatic carbocycles. The Labute approximate surface area is 210 Å². The molecule has 7 nitrogen and oxygen atoms in total. The molecule has 1 amide bonds. The van der Waals surface area contributed by atoms with E-state index in [1.807, 2.05) is 12.1 Å². The molecule has 2 aromatic rings. The number of nitrogens with two attached hydrogens (primary N) is 2. The number of benzene rings is 2. The van der Waals surface area contributed by atoms with Gasteiger partial charge in [0.15, 0.2) is 5.78 Å². The van der Waals surface area contributed by atoms with Gasteiger partial charge in [0.1, 0.15) is 11.5 Å². The Bertz CT molecular complexity index is 815. The molecule has 10 heteroatoms. The first-order valence-corrected chi connectivity index (χ1v) is 12.0. The maximum absolute atomic E-state index is 14.1. The molecule has 0 spiro atoms. The third-order valence-corrected chi connectivity index (χ3v) is 7.30. The van der Waals surface area contributed by atoms with Crippen molar-refractivity contribution < 1.29 is 18.4 Å². The summed E-state index contributed by atoms with van der Waals surface area (Å²) < 4.78 is 25.9. The van der Waals surface area contributed by atoms with Crippen molar-refractivity contribution in [2.45, 2.75) is 43.9 Å². The first-order valence-electron chi connectivity index (χ1n) is 10.4. The van der Waals surface area contributed by atoms with Crippen LogP contribution >= 0.6 is 41.6 Å². The van der Waals surface area contributed by atoms with Gasteiger partial charge in [0.05, 0.1) is 6.04 Å². The standard InChI is InChI=1S/C22H30N3O4P.2BrH/c23-16-8-7-14-20(24)22(26)25-17-9-15-21(25)30(27,28-18-10-3-1-4-11-18)29-19-12-5-2-6-13-19;;/h1-6,10-13,20-21H,7-9,14-17,23-24H2;2*1H. The zero-order valence-corrected chi connectivity index (χ0v) is 22.2. The Morgan fingerprint density at radius 1 is 1.00 bits per heavy atom. The van der Waals surface area contributed by atoms with E-state index >= 15 is 0 Å². The fraction of sp³-hybridized carbons (Fsp3) is 0.409. The SMILES string of the molecule is Br.Br.NCCCCC(N)C(=O)N1CCCC1P(=O)(Oc1ccccc1)Oc1ccccc1. The van der Waals surface area contributed by atoms with Crippen LogP contribution in [0.2, 0.25) is 0 Å². The van der Waals surface area contributed by atoms with E-state index in [1.165, 1.54) is 0 Å². The van der Waals surface area contributed by atoms with Crippen molar-refractivity contribution in [3.05, 3.63) is 60.7 Å². The number of halogens is 2. The van der Waals surface area contributed by atoms with Crippen LogP contribution in [-0.4, -0.2) is 35.7 Å². The maximum Gasteiger partial charge on any atom is 0.453 e.